The van der Waals surface area contributed by atoms with Gasteiger partial charge >= 0.3 is 0 Å². The van der Waals surface area contributed by atoms with E-state index >= 15 is 0 Å². The second-order valence-corrected chi connectivity index (χ2v) is 11.8. The number of ether oxygens (including phenoxy) is 1. The average molecular weight is 518 g/mol. The molecule has 0 bridgehead atoms. The Morgan fingerprint density at radius 3 is 2.66 bits per heavy atom. The summed E-state index contributed by atoms with van der Waals surface area (Å²) >= 11 is 0. The summed E-state index contributed by atoms with van der Waals surface area (Å²) in [5, 5.41) is 13.1. The summed E-state index contributed by atoms with van der Waals surface area (Å²) in [6.45, 7) is 4.92. The topological polar surface area (TPSA) is 91.2 Å². The predicted octanol–water partition coefficient (Wildman–Crippen LogP) is 4.33. The zero-order chi connectivity index (χ0) is 24.1. The molecule has 0 aliphatic heterocycles. The molecule has 0 saturated heterocycles. The Balaban J connectivity index is 0.00000342. The average Bonchev–Trinajstić information content (AvgIpc) is 3.61. The molecule has 2 atom stereocenters. The third-order valence-corrected chi connectivity index (χ3v) is 8.19. The lowest BCUT2D eigenvalue weighted by molar-refractivity contribution is 0.319. The monoisotopic (exact) mass is 517 g/mol. The second kappa shape index (κ2) is 12.2. The van der Waals surface area contributed by atoms with Crippen molar-refractivity contribution in [1.82, 2.24) is 10.0 Å². The van der Waals surface area contributed by atoms with Crippen LogP contribution in [-0.4, -0.2) is 39.4 Å². The van der Waals surface area contributed by atoms with E-state index in [0.717, 1.165) is 43.4 Å². The molecule has 2 aliphatic carbocycles. The highest BCUT2D eigenvalue weighted by Gasteiger charge is 2.31. The van der Waals surface area contributed by atoms with Crippen molar-refractivity contribution in [3.05, 3.63) is 64.7 Å². The van der Waals surface area contributed by atoms with Crippen LogP contribution < -0.4 is 14.8 Å². The van der Waals surface area contributed by atoms with Gasteiger partial charge in [0, 0.05) is 24.5 Å². The van der Waals surface area contributed by atoms with Crippen LogP contribution in [0.2, 0.25) is 0 Å². The van der Waals surface area contributed by atoms with E-state index in [1.54, 1.807) is 0 Å². The molecule has 0 amide bonds. The van der Waals surface area contributed by atoms with Crippen LogP contribution in [0.3, 0.4) is 0 Å². The maximum Gasteiger partial charge on any atom is 0.211 e. The number of nitriles is 1. The molecule has 0 heterocycles. The van der Waals surface area contributed by atoms with E-state index < -0.39 is 10.0 Å². The lowest BCUT2D eigenvalue weighted by Gasteiger charge is -2.36. The van der Waals surface area contributed by atoms with E-state index in [2.05, 4.69) is 48.2 Å². The number of nitrogens with zero attached hydrogens (tertiary/aromatic N) is 1. The van der Waals surface area contributed by atoms with Gasteiger partial charge in [0.1, 0.15) is 12.4 Å². The van der Waals surface area contributed by atoms with Gasteiger partial charge in [-0.3, -0.25) is 0 Å². The van der Waals surface area contributed by atoms with E-state index in [-0.39, 0.29) is 30.6 Å². The largest absolute Gasteiger partial charge is 0.492 e. The molecule has 190 valence electrons. The summed E-state index contributed by atoms with van der Waals surface area (Å²) < 4.78 is 32.8. The standard InChI is InChI=1S/C27H35N3O3S.ClH/c1-19(2)30-27-11-9-23-8-10-24(33-13-12-29-34(31,32)18-20-6-7-20)16-25(23)26(27)15-21-4-3-5-22(14-21)17-28;/h3-5,8,10,14,16,19-20,26-27,29-30H,6-7,9,11-13,15,18H2,1-2H3;1H. The minimum atomic E-state index is -3.22. The SMILES string of the molecule is CC(C)NC1CCc2ccc(OCCNS(=O)(=O)CC3CC3)cc2C1Cc1cccc(C#N)c1.Cl. The normalized spacial score (nSPS) is 19.5. The van der Waals surface area contributed by atoms with Crippen molar-refractivity contribution in [2.75, 3.05) is 18.9 Å². The van der Waals surface area contributed by atoms with Crippen molar-refractivity contribution in [3.63, 3.8) is 0 Å². The molecule has 2 aromatic rings. The molecular formula is C27H36ClN3O3S. The van der Waals surface area contributed by atoms with Gasteiger partial charge in [0.05, 0.1) is 17.4 Å². The third kappa shape index (κ3) is 7.94. The summed E-state index contributed by atoms with van der Waals surface area (Å²) in [6, 6.07) is 17.1. The molecule has 8 heteroatoms. The number of halogens is 1. The Bertz CT molecular complexity index is 1140. The molecule has 1 saturated carbocycles. The first-order valence-corrected chi connectivity index (χ1v) is 14.0. The van der Waals surface area contributed by atoms with Gasteiger partial charge in [0.25, 0.3) is 0 Å². The van der Waals surface area contributed by atoms with Crippen molar-refractivity contribution in [2.24, 2.45) is 5.92 Å². The van der Waals surface area contributed by atoms with Gasteiger partial charge in [-0.2, -0.15) is 5.26 Å². The summed E-state index contributed by atoms with van der Waals surface area (Å²) in [4.78, 5) is 0. The molecule has 2 aromatic carbocycles. The Kier molecular flexibility index (Phi) is 9.60. The summed E-state index contributed by atoms with van der Waals surface area (Å²) in [5.74, 6) is 1.59. The molecule has 0 aromatic heterocycles. The lowest BCUT2D eigenvalue weighted by atomic mass is 9.76. The van der Waals surface area contributed by atoms with Gasteiger partial charge in [-0.25, -0.2) is 13.1 Å². The highest BCUT2D eigenvalue weighted by atomic mass is 35.5. The molecule has 35 heavy (non-hydrogen) atoms. The van der Waals surface area contributed by atoms with Crippen LogP contribution in [0.1, 0.15) is 61.3 Å². The summed E-state index contributed by atoms with van der Waals surface area (Å²) in [6.07, 6.45) is 4.95. The van der Waals surface area contributed by atoms with E-state index in [4.69, 9.17) is 4.74 Å². The molecular weight excluding hydrogens is 482 g/mol. The Morgan fingerprint density at radius 1 is 1.14 bits per heavy atom. The van der Waals surface area contributed by atoms with Crippen molar-refractivity contribution in [2.45, 2.75) is 64.0 Å². The number of hydrogen-bond acceptors (Lipinski definition) is 5. The van der Waals surface area contributed by atoms with Crippen LogP contribution in [-0.2, 0) is 22.9 Å². The van der Waals surface area contributed by atoms with Gasteiger partial charge < -0.3 is 10.1 Å². The number of sulfonamides is 1. The number of nitrogens with one attached hydrogen (secondary N) is 2. The van der Waals surface area contributed by atoms with Crippen molar-refractivity contribution < 1.29 is 13.2 Å². The fraction of sp³-hybridized carbons (Fsp3) is 0.519. The van der Waals surface area contributed by atoms with E-state index in [1.807, 2.05) is 24.3 Å². The van der Waals surface area contributed by atoms with Crippen LogP contribution >= 0.6 is 12.4 Å². The molecule has 6 nitrogen and oxygen atoms in total. The van der Waals surface area contributed by atoms with Gasteiger partial charge in [-0.15, -0.1) is 12.4 Å². The number of rotatable bonds is 11. The van der Waals surface area contributed by atoms with Crippen molar-refractivity contribution >= 4 is 22.4 Å². The van der Waals surface area contributed by atoms with Crippen molar-refractivity contribution in [3.8, 4) is 11.8 Å². The quantitative estimate of drug-likeness (QED) is 0.433. The minimum Gasteiger partial charge on any atom is -0.492 e. The Labute approximate surface area is 215 Å². The summed E-state index contributed by atoms with van der Waals surface area (Å²) in [7, 11) is -3.22. The predicted molar refractivity (Wildman–Crippen MR) is 142 cm³/mol. The number of aryl methyl sites for hydroxylation is 1. The fourth-order valence-corrected chi connectivity index (χ4v) is 6.35. The summed E-state index contributed by atoms with van der Waals surface area (Å²) in [5.41, 5.74) is 4.45. The maximum atomic E-state index is 12.1. The molecule has 4 rings (SSSR count). The second-order valence-electron chi connectivity index (χ2n) is 9.92. The first kappa shape index (κ1) is 27.5. The number of hydrogen-bond donors (Lipinski definition) is 2. The highest BCUT2D eigenvalue weighted by Crippen LogP contribution is 2.37. The maximum absolute atomic E-state index is 12.1. The van der Waals surface area contributed by atoms with Gasteiger partial charge in [-0.05, 0) is 79.0 Å². The minimum absolute atomic E-state index is 0. The smallest absolute Gasteiger partial charge is 0.211 e. The van der Waals surface area contributed by atoms with Crippen LogP contribution in [0.15, 0.2) is 42.5 Å². The van der Waals surface area contributed by atoms with Crippen molar-refractivity contribution in [1.29, 1.82) is 5.26 Å². The van der Waals surface area contributed by atoms with E-state index in [1.165, 1.54) is 11.1 Å². The van der Waals surface area contributed by atoms with E-state index in [0.29, 0.717) is 30.2 Å². The van der Waals surface area contributed by atoms with Gasteiger partial charge in [0.2, 0.25) is 10.0 Å². The number of fused-ring (bicyclic) bond motifs is 1. The lowest BCUT2D eigenvalue weighted by Crippen LogP contribution is -2.42. The van der Waals surface area contributed by atoms with Crippen LogP contribution in [0, 0.1) is 17.2 Å². The van der Waals surface area contributed by atoms with Gasteiger partial charge in [0.15, 0.2) is 0 Å². The molecule has 2 N–H and O–H groups in total. The Morgan fingerprint density at radius 2 is 1.94 bits per heavy atom. The molecule has 2 unspecified atom stereocenters. The molecule has 2 aliphatic rings. The Hall–Kier alpha value is -2.11. The molecule has 0 spiro atoms. The first-order chi connectivity index (χ1) is 16.3. The first-order valence-electron chi connectivity index (χ1n) is 12.3. The molecule has 1 fully saturated rings. The van der Waals surface area contributed by atoms with Gasteiger partial charge in [-0.1, -0.05) is 32.0 Å². The molecule has 0 radical (unpaired) electrons. The van der Waals surface area contributed by atoms with Crippen LogP contribution in [0.4, 0.5) is 0 Å². The third-order valence-electron chi connectivity index (χ3n) is 6.63. The van der Waals surface area contributed by atoms with E-state index in [9.17, 15) is 13.7 Å². The highest BCUT2D eigenvalue weighted by molar-refractivity contribution is 7.89. The van der Waals surface area contributed by atoms with Crippen LogP contribution in [0.25, 0.3) is 0 Å². The fourth-order valence-electron chi connectivity index (χ4n) is 4.89. The number of benzene rings is 2. The zero-order valence-corrected chi connectivity index (χ0v) is 22.1. The zero-order valence-electron chi connectivity index (χ0n) is 20.5. The van der Waals surface area contributed by atoms with Crippen LogP contribution in [0.5, 0.6) is 5.75 Å².